The van der Waals surface area contributed by atoms with Gasteiger partial charge in [-0.2, -0.15) is 0 Å². The number of benzene rings is 2. The van der Waals surface area contributed by atoms with Crippen LogP contribution >= 0.6 is 24.0 Å². The molecule has 1 saturated heterocycles. The zero-order chi connectivity index (χ0) is 18.5. The van der Waals surface area contributed by atoms with Crippen molar-refractivity contribution >= 4 is 35.6 Å². The van der Waals surface area contributed by atoms with Crippen LogP contribution in [0.2, 0.25) is 0 Å². The summed E-state index contributed by atoms with van der Waals surface area (Å²) in [4.78, 5) is 8.46. The highest BCUT2D eigenvalue weighted by atomic mass is 127. The second-order valence-corrected chi connectivity index (χ2v) is 6.22. The molecule has 0 aliphatic carbocycles. The molecule has 8 heteroatoms. The summed E-state index contributed by atoms with van der Waals surface area (Å²) in [5, 5.41) is 0. The van der Waals surface area contributed by atoms with Gasteiger partial charge in [0.05, 0.1) is 0 Å². The van der Waals surface area contributed by atoms with Gasteiger partial charge in [-0.3, -0.25) is 4.99 Å². The molecule has 0 bridgehead atoms. The van der Waals surface area contributed by atoms with Crippen molar-refractivity contribution in [1.82, 2.24) is 4.90 Å². The van der Waals surface area contributed by atoms with Crippen molar-refractivity contribution in [3.63, 3.8) is 0 Å². The number of rotatable bonds is 4. The molecule has 0 radical (unpaired) electrons. The molecule has 2 N–H and O–H groups in total. The maximum absolute atomic E-state index is 13.2. The van der Waals surface area contributed by atoms with E-state index in [0.29, 0.717) is 37.6 Å². The summed E-state index contributed by atoms with van der Waals surface area (Å²) in [7, 11) is 0. The van der Waals surface area contributed by atoms with Crippen LogP contribution in [-0.2, 0) is 6.42 Å². The quantitative estimate of drug-likeness (QED) is 0.406. The van der Waals surface area contributed by atoms with Gasteiger partial charge in [0.2, 0.25) is 0 Å². The van der Waals surface area contributed by atoms with Crippen LogP contribution in [0.25, 0.3) is 0 Å². The Morgan fingerprint density at radius 2 is 1.48 bits per heavy atom. The fourth-order valence-corrected chi connectivity index (χ4v) is 3.00. The maximum Gasteiger partial charge on any atom is 0.191 e. The fourth-order valence-electron chi connectivity index (χ4n) is 3.00. The molecule has 0 amide bonds. The van der Waals surface area contributed by atoms with Crippen molar-refractivity contribution in [2.24, 2.45) is 10.7 Å². The summed E-state index contributed by atoms with van der Waals surface area (Å²) >= 11 is 0. The Bertz CT molecular complexity index is 755. The summed E-state index contributed by atoms with van der Waals surface area (Å²) < 4.78 is 39.3. The van der Waals surface area contributed by atoms with Crippen molar-refractivity contribution < 1.29 is 13.2 Å². The summed E-state index contributed by atoms with van der Waals surface area (Å²) in [6.07, 6.45) is 0.422. The average molecular weight is 490 g/mol. The van der Waals surface area contributed by atoms with Gasteiger partial charge >= 0.3 is 0 Å². The van der Waals surface area contributed by atoms with Crippen molar-refractivity contribution in [2.45, 2.75) is 6.42 Å². The average Bonchev–Trinajstić information content (AvgIpc) is 2.62. The zero-order valence-corrected chi connectivity index (χ0v) is 17.1. The largest absolute Gasteiger partial charge is 0.370 e. The monoisotopic (exact) mass is 490 g/mol. The number of halogens is 4. The molecule has 0 unspecified atom stereocenters. The van der Waals surface area contributed by atoms with E-state index in [0.717, 1.165) is 24.8 Å². The van der Waals surface area contributed by atoms with Gasteiger partial charge in [0.1, 0.15) is 17.5 Å². The van der Waals surface area contributed by atoms with E-state index in [1.165, 1.54) is 24.3 Å². The first-order chi connectivity index (χ1) is 12.5. The summed E-state index contributed by atoms with van der Waals surface area (Å²) in [6, 6.07) is 9.88. The first-order valence-corrected chi connectivity index (χ1v) is 8.51. The highest BCUT2D eigenvalue weighted by molar-refractivity contribution is 14.0. The van der Waals surface area contributed by atoms with Gasteiger partial charge in [0.25, 0.3) is 0 Å². The molecule has 4 nitrogen and oxygen atoms in total. The molecule has 1 aliphatic heterocycles. The van der Waals surface area contributed by atoms with Crippen LogP contribution in [0.1, 0.15) is 5.56 Å². The van der Waals surface area contributed by atoms with Crippen molar-refractivity contribution in [1.29, 1.82) is 0 Å². The third-order valence-electron chi connectivity index (χ3n) is 4.39. The molecule has 27 heavy (non-hydrogen) atoms. The van der Waals surface area contributed by atoms with E-state index in [1.54, 1.807) is 12.1 Å². The van der Waals surface area contributed by atoms with Gasteiger partial charge in [-0.25, -0.2) is 13.2 Å². The van der Waals surface area contributed by atoms with Gasteiger partial charge in [0, 0.05) is 44.5 Å². The van der Waals surface area contributed by atoms with Gasteiger partial charge < -0.3 is 15.5 Å². The Labute approximate surface area is 173 Å². The maximum atomic E-state index is 13.2. The van der Waals surface area contributed by atoms with Crippen molar-refractivity contribution in [3.05, 3.63) is 65.5 Å². The first kappa shape index (κ1) is 21.3. The summed E-state index contributed by atoms with van der Waals surface area (Å²) in [5.41, 5.74) is 7.57. The highest BCUT2D eigenvalue weighted by Gasteiger charge is 2.18. The third-order valence-corrected chi connectivity index (χ3v) is 4.39. The fraction of sp³-hybridized carbons (Fsp3) is 0.316. The Morgan fingerprint density at radius 3 is 2.07 bits per heavy atom. The molecular weight excluding hydrogens is 468 g/mol. The Morgan fingerprint density at radius 1 is 0.889 bits per heavy atom. The van der Waals surface area contributed by atoms with Crippen molar-refractivity contribution in [2.75, 3.05) is 37.6 Å². The molecule has 1 heterocycles. The number of hydrogen-bond acceptors (Lipinski definition) is 2. The number of nitrogens with zero attached hydrogens (tertiary/aromatic N) is 3. The highest BCUT2D eigenvalue weighted by Crippen LogP contribution is 2.17. The van der Waals surface area contributed by atoms with E-state index in [-0.39, 0.29) is 29.8 Å². The van der Waals surface area contributed by atoms with E-state index >= 15 is 0 Å². The van der Waals surface area contributed by atoms with Crippen LogP contribution in [-0.4, -0.2) is 43.6 Å². The summed E-state index contributed by atoms with van der Waals surface area (Å²) in [5.74, 6) is -0.995. The number of guanidine groups is 1. The molecule has 2 aromatic carbocycles. The molecule has 0 aromatic heterocycles. The van der Waals surface area contributed by atoms with E-state index in [2.05, 4.69) is 9.89 Å². The minimum Gasteiger partial charge on any atom is -0.370 e. The minimum absolute atomic E-state index is 0. The molecule has 2 aromatic rings. The van der Waals surface area contributed by atoms with Gasteiger partial charge in [-0.05, 0) is 48.4 Å². The van der Waals surface area contributed by atoms with Crippen LogP contribution < -0.4 is 10.6 Å². The number of anilines is 1. The standard InChI is InChI=1S/C19H21F3N4.HI/c20-15-1-3-18(4-2-15)25-7-9-26(10-8-25)19(23)24-6-5-14-11-16(21)13-17(22)12-14;/h1-4,11-13H,5-10H2,(H2,23,24);1H. The van der Waals surface area contributed by atoms with Crippen LogP contribution in [0.15, 0.2) is 47.5 Å². The van der Waals surface area contributed by atoms with Crippen molar-refractivity contribution in [3.8, 4) is 0 Å². The summed E-state index contributed by atoms with van der Waals surface area (Å²) in [6.45, 7) is 3.31. The Hall–Kier alpha value is -1.97. The third kappa shape index (κ3) is 6.02. The lowest BCUT2D eigenvalue weighted by molar-refractivity contribution is 0.381. The SMILES string of the molecule is I.NC(=NCCc1cc(F)cc(F)c1)N1CCN(c2ccc(F)cc2)CC1. The van der Waals surface area contributed by atoms with E-state index in [4.69, 9.17) is 5.73 Å². The first-order valence-electron chi connectivity index (χ1n) is 8.51. The topological polar surface area (TPSA) is 44.9 Å². The normalized spacial score (nSPS) is 14.9. The molecule has 3 rings (SSSR count). The van der Waals surface area contributed by atoms with Gasteiger partial charge in [-0.1, -0.05) is 0 Å². The van der Waals surface area contributed by atoms with E-state index in [9.17, 15) is 13.2 Å². The minimum atomic E-state index is -0.589. The van der Waals surface area contributed by atoms with Gasteiger partial charge in [-0.15, -0.1) is 24.0 Å². The number of nitrogens with two attached hydrogens (primary N) is 1. The Balaban J connectivity index is 0.00000261. The molecule has 1 fully saturated rings. The zero-order valence-electron chi connectivity index (χ0n) is 14.7. The lowest BCUT2D eigenvalue weighted by Crippen LogP contribution is -2.51. The lowest BCUT2D eigenvalue weighted by atomic mass is 10.1. The number of piperazine rings is 1. The van der Waals surface area contributed by atoms with Gasteiger partial charge in [0.15, 0.2) is 5.96 Å². The van der Waals surface area contributed by atoms with Crippen LogP contribution in [0, 0.1) is 17.5 Å². The lowest BCUT2D eigenvalue weighted by Gasteiger charge is -2.36. The molecular formula is C19H22F3IN4. The smallest absolute Gasteiger partial charge is 0.191 e. The van der Waals surface area contributed by atoms with E-state index < -0.39 is 11.6 Å². The molecule has 0 atom stereocenters. The molecule has 1 aliphatic rings. The second kappa shape index (κ2) is 9.82. The van der Waals surface area contributed by atoms with Crippen LogP contribution in [0.4, 0.5) is 18.9 Å². The second-order valence-electron chi connectivity index (χ2n) is 6.22. The number of aliphatic imine (C=N–C) groups is 1. The van der Waals surface area contributed by atoms with E-state index in [1.807, 2.05) is 4.90 Å². The predicted molar refractivity (Wildman–Crippen MR) is 112 cm³/mol. The molecule has 0 saturated carbocycles. The van der Waals surface area contributed by atoms with Crippen LogP contribution in [0.5, 0.6) is 0 Å². The predicted octanol–water partition coefficient (Wildman–Crippen LogP) is 3.40. The van der Waals surface area contributed by atoms with Crippen LogP contribution in [0.3, 0.4) is 0 Å². The number of hydrogen-bond donors (Lipinski definition) is 1. The molecule has 146 valence electrons. The molecule has 0 spiro atoms. The Kier molecular flexibility index (Phi) is 7.76.